The average Bonchev–Trinajstić information content (AvgIpc) is 2.76. The molecule has 0 fully saturated rings. The number of rotatable bonds is 7. The summed E-state index contributed by atoms with van der Waals surface area (Å²) in [7, 11) is 0. The van der Waals surface area contributed by atoms with Gasteiger partial charge in [-0.15, -0.1) is 11.3 Å². The number of hydrogen-bond donors (Lipinski definition) is 2. The maximum atomic E-state index is 9.41. The van der Waals surface area contributed by atoms with Crippen LogP contribution in [0.2, 0.25) is 0 Å². The standard InChI is InChI=1S/C13H24N2OS/c1-5-6-13(4,9-16)15-8-11-7-14-12(17-11)10(2)3/h7,10,15-16H,5-6,8-9H2,1-4H3. The molecule has 0 aliphatic rings. The maximum Gasteiger partial charge on any atom is 0.0953 e. The Morgan fingerprint density at radius 1 is 1.53 bits per heavy atom. The second-order valence-corrected chi connectivity index (χ2v) is 6.29. The summed E-state index contributed by atoms with van der Waals surface area (Å²) < 4.78 is 0. The molecule has 4 heteroatoms. The van der Waals surface area contributed by atoms with Crippen molar-refractivity contribution in [3.63, 3.8) is 0 Å². The molecule has 1 heterocycles. The Morgan fingerprint density at radius 2 is 2.24 bits per heavy atom. The molecule has 0 amide bonds. The molecule has 1 unspecified atom stereocenters. The van der Waals surface area contributed by atoms with E-state index in [9.17, 15) is 5.11 Å². The first-order valence-corrected chi connectivity index (χ1v) is 7.13. The van der Waals surface area contributed by atoms with Crippen molar-refractivity contribution in [1.82, 2.24) is 10.3 Å². The van der Waals surface area contributed by atoms with Gasteiger partial charge in [0.1, 0.15) is 0 Å². The fourth-order valence-electron chi connectivity index (χ4n) is 1.75. The van der Waals surface area contributed by atoms with Crippen LogP contribution >= 0.6 is 11.3 Å². The number of aliphatic hydroxyl groups excluding tert-OH is 1. The van der Waals surface area contributed by atoms with Crippen molar-refractivity contribution in [3.05, 3.63) is 16.1 Å². The van der Waals surface area contributed by atoms with Crippen molar-refractivity contribution in [2.45, 2.75) is 58.5 Å². The fourth-order valence-corrected chi connectivity index (χ4v) is 2.61. The quantitative estimate of drug-likeness (QED) is 0.788. The van der Waals surface area contributed by atoms with Gasteiger partial charge in [-0.1, -0.05) is 27.2 Å². The minimum atomic E-state index is -0.170. The highest BCUT2D eigenvalue weighted by atomic mass is 32.1. The van der Waals surface area contributed by atoms with Gasteiger partial charge in [0.05, 0.1) is 11.6 Å². The smallest absolute Gasteiger partial charge is 0.0953 e. The molecule has 0 aliphatic heterocycles. The zero-order valence-electron chi connectivity index (χ0n) is 11.3. The van der Waals surface area contributed by atoms with Crippen LogP contribution in [-0.2, 0) is 6.54 Å². The first kappa shape index (κ1) is 14.6. The minimum Gasteiger partial charge on any atom is -0.394 e. The highest BCUT2D eigenvalue weighted by Gasteiger charge is 2.21. The number of aromatic nitrogens is 1. The summed E-state index contributed by atoms with van der Waals surface area (Å²) in [6.45, 7) is 9.49. The molecule has 98 valence electrons. The van der Waals surface area contributed by atoms with E-state index in [1.807, 2.05) is 6.20 Å². The molecule has 0 radical (unpaired) electrons. The summed E-state index contributed by atoms with van der Waals surface area (Å²) in [4.78, 5) is 5.64. The summed E-state index contributed by atoms with van der Waals surface area (Å²) in [5, 5.41) is 14.0. The number of aliphatic hydroxyl groups is 1. The third-order valence-electron chi connectivity index (χ3n) is 2.91. The number of nitrogens with zero attached hydrogens (tertiary/aromatic N) is 1. The molecule has 1 aromatic rings. The van der Waals surface area contributed by atoms with Gasteiger partial charge < -0.3 is 10.4 Å². The van der Waals surface area contributed by atoms with Gasteiger partial charge in [0, 0.05) is 29.1 Å². The molecule has 3 nitrogen and oxygen atoms in total. The average molecular weight is 256 g/mol. The molecule has 0 spiro atoms. The predicted molar refractivity (Wildman–Crippen MR) is 73.4 cm³/mol. The zero-order valence-corrected chi connectivity index (χ0v) is 12.1. The summed E-state index contributed by atoms with van der Waals surface area (Å²) in [5.41, 5.74) is -0.170. The summed E-state index contributed by atoms with van der Waals surface area (Å²) in [5.74, 6) is 0.494. The van der Waals surface area contributed by atoms with E-state index in [-0.39, 0.29) is 12.1 Å². The molecule has 2 N–H and O–H groups in total. The van der Waals surface area contributed by atoms with E-state index in [2.05, 4.69) is 38.0 Å². The maximum absolute atomic E-state index is 9.41. The molecule has 0 saturated heterocycles. The lowest BCUT2D eigenvalue weighted by Crippen LogP contribution is -2.44. The normalized spacial score (nSPS) is 15.2. The molecular weight excluding hydrogens is 232 g/mol. The Bertz CT molecular complexity index is 338. The Hall–Kier alpha value is -0.450. The molecule has 0 saturated carbocycles. The van der Waals surface area contributed by atoms with E-state index in [4.69, 9.17) is 0 Å². The van der Waals surface area contributed by atoms with Crippen LogP contribution in [0.5, 0.6) is 0 Å². The SMILES string of the molecule is CCCC(C)(CO)NCc1cnc(C(C)C)s1. The van der Waals surface area contributed by atoms with E-state index >= 15 is 0 Å². The highest BCUT2D eigenvalue weighted by Crippen LogP contribution is 2.22. The van der Waals surface area contributed by atoms with Crippen LogP contribution in [0.3, 0.4) is 0 Å². The third-order valence-corrected chi connectivity index (χ3v) is 4.20. The number of hydrogen-bond acceptors (Lipinski definition) is 4. The van der Waals surface area contributed by atoms with Gasteiger partial charge in [-0.3, -0.25) is 0 Å². The van der Waals surface area contributed by atoms with Crippen LogP contribution in [-0.4, -0.2) is 22.2 Å². The predicted octanol–water partition coefficient (Wildman–Crippen LogP) is 2.91. The van der Waals surface area contributed by atoms with E-state index in [1.165, 1.54) is 9.88 Å². The van der Waals surface area contributed by atoms with Crippen LogP contribution in [0.1, 0.15) is 56.3 Å². The first-order chi connectivity index (χ1) is 8.00. The molecule has 0 aliphatic carbocycles. The Balaban J connectivity index is 2.53. The first-order valence-electron chi connectivity index (χ1n) is 6.31. The Labute approximate surface area is 108 Å². The summed E-state index contributed by atoms with van der Waals surface area (Å²) in [6, 6.07) is 0. The van der Waals surface area contributed by atoms with Crippen LogP contribution in [0.25, 0.3) is 0 Å². The molecule has 17 heavy (non-hydrogen) atoms. The van der Waals surface area contributed by atoms with Crippen LogP contribution < -0.4 is 5.32 Å². The van der Waals surface area contributed by atoms with Crippen molar-refractivity contribution >= 4 is 11.3 Å². The lowest BCUT2D eigenvalue weighted by atomic mass is 9.97. The van der Waals surface area contributed by atoms with Crippen molar-refractivity contribution in [2.75, 3.05) is 6.61 Å². The topological polar surface area (TPSA) is 45.1 Å². The third kappa shape index (κ3) is 4.37. The van der Waals surface area contributed by atoms with Crippen LogP contribution in [0.15, 0.2) is 6.20 Å². The van der Waals surface area contributed by atoms with Gasteiger partial charge in [-0.25, -0.2) is 4.98 Å². The van der Waals surface area contributed by atoms with Gasteiger partial charge in [-0.2, -0.15) is 0 Å². The molecule has 1 aromatic heterocycles. The van der Waals surface area contributed by atoms with Gasteiger partial charge >= 0.3 is 0 Å². The van der Waals surface area contributed by atoms with Gasteiger partial charge in [0.2, 0.25) is 0 Å². The summed E-state index contributed by atoms with van der Waals surface area (Å²) in [6.07, 6.45) is 4.00. The lowest BCUT2D eigenvalue weighted by molar-refractivity contribution is 0.163. The van der Waals surface area contributed by atoms with Crippen LogP contribution in [0, 0.1) is 0 Å². The van der Waals surface area contributed by atoms with Gasteiger partial charge in [0.15, 0.2) is 0 Å². The van der Waals surface area contributed by atoms with Crippen molar-refractivity contribution in [3.8, 4) is 0 Å². The van der Waals surface area contributed by atoms with Crippen molar-refractivity contribution in [1.29, 1.82) is 0 Å². The Morgan fingerprint density at radius 3 is 2.71 bits per heavy atom. The zero-order chi connectivity index (χ0) is 12.9. The highest BCUT2D eigenvalue weighted by molar-refractivity contribution is 7.11. The Kier molecular flexibility index (Phi) is 5.56. The second-order valence-electron chi connectivity index (χ2n) is 5.14. The molecular formula is C13H24N2OS. The molecule has 0 aromatic carbocycles. The van der Waals surface area contributed by atoms with Gasteiger partial charge in [-0.05, 0) is 13.3 Å². The van der Waals surface area contributed by atoms with E-state index in [0.717, 1.165) is 19.4 Å². The van der Waals surface area contributed by atoms with Crippen molar-refractivity contribution < 1.29 is 5.11 Å². The van der Waals surface area contributed by atoms with Crippen molar-refractivity contribution in [2.24, 2.45) is 0 Å². The monoisotopic (exact) mass is 256 g/mol. The fraction of sp³-hybridized carbons (Fsp3) is 0.769. The number of thiazole rings is 1. The van der Waals surface area contributed by atoms with Crippen LogP contribution in [0.4, 0.5) is 0 Å². The van der Waals surface area contributed by atoms with E-state index in [1.54, 1.807) is 11.3 Å². The lowest BCUT2D eigenvalue weighted by Gasteiger charge is -2.28. The molecule has 0 bridgehead atoms. The minimum absolute atomic E-state index is 0.170. The van der Waals surface area contributed by atoms with E-state index < -0.39 is 0 Å². The van der Waals surface area contributed by atoms with E-state index in [0.29, 0.717) is 5.92 Å². The second kappa shape index (κ2) is 6.47. The van der Waals surface area contributed by atoms with Gasteiger partial charge in [0.25, 0.3) is 0 Å². The number of nitrogens with one attached hydrogen (secondary N) is 1. The summed E-state index contributed by atoms with van der Waals surface area (Å²) >= 11 is 1.75. The largest absolute Gasteiger partial charge is 0.394 e. The molecule has 1 atom stereocenters. The molecule has 1 rings (SSSR count).